The highest BCUT2D eigenvalue weighted by Crippen LogP contribution is 2.26. The Bertz CT molecular complexity index is 633. The summed E-state index contributed by atoms with van der Waals surface area (Å²) < 4.78 is 39.4. The lowest BCUT2D eigenvalue weighted by atomic mass is 10.1. The monoisotopic (exact) mass is 342 g/mol. The second-order valence-corrected chi connectivity index (χ2v) is 7.65. The van der Waals surface area contributed by atoms with Crippen LogP contribution < -0.4 is 9.47 Å². The summed E-state index contributed by atoms with van der Waals surface area (Å²) in [5.41, 5.74) is 0. The number of ether oxygens (including phenoxy) is 2. The van der Waals surface area contributed by atoms with E-state index in [9.17, 15) is 8.42 Å². The topological polar surface area (TPSA) is 84.9 Å². The van der Waals surface area contributed by atoms with E-state index in [1.54, 1.807) is 4.31 Å². The summed E-state index contributed by atoms with van der Waals surface area (Å²) >= 11 is 0. The first-order valence-corrected chi connectivity index (χ1v) is 9.28. The van der Waals surface area contributed by atoms with E-state index in [0.29, 0.717) is 37.9 Å². The summed E-state index contributed by atoms with van der Waals surface area (Å²) in [6, 6.07) is 0. The van der Waals surface area contributed by atoms with Gasteiger partial charge in [0, 0.05) is 32.0 Å². The summed E-state index contributed by atoms with van der Waals surface area (Å²) in [4.78, 5) is 8.16. The number of rotatable bonds is 5. The van der Waals surface area contributed by atoms with Crippen molar-refractivity contribution in [2.24, 2.45) is 0 Å². The maximum absolute atomic E-state index is 12.7. The fourth-order valence-corrected chi connectivity index (χ4v) is 4.74. The Balaban J connectivity index is 1.68. The highest BCUT2D eigenvalue weighted by atomic mass is 32.2. The average molecular weight is 342 g/mol. The highest BCUT2D eigenvalue weighted by molar-refractivity contribution is 7.86. The average Bonchev–Trinajstić information content (AvgIpc) is 3.11. The highest BCUT2D eigenvalue weighted by Gasteiger charge is 2.35. The largest absolute Gasteiger partial charge is 0.477 e. The summed E-state index contributed by atoms with van der Waals surface area (Å²) in [5, 5.41) is 0. The third-order valence-corrected chi connectivity index (χ3v) is 6.17. The number of aromatic nitrogens is 2. The van der Waals surface area contributed by atoms with Crippen LogP contribution >= 0.6 is 0 Å². The van der Waals surface area contributed by atoms with Crippen LogP contribution in [0.3, 0.4) is 0 Å². The molecule has 2 fully saturated rings. The van der Waals surface area contributed by atoms with Crippen molar-refractivity contribution in [3.05, 3.63) is 12.4 Å². The molecule has 3 rings (SSSR count). The molecule has 0 amide bonds. The Morgan fingerprint density at radius 3 is 2.39 bits per heavy atom. The van der Waals surface area contributed by atoms with Crippen LogP contribution in [-0.2, 0) is 10.2 Å². The first-order valence-electron chi connectivity index (χ1n) is 7.88. The molecular formula is C14H22N4O4S. The van der Waals surface area contributed by atoms with Crippen LogP contribution in [0, 0.1) is 0 Å². The van der Waals surface area contributed by atoms with E-state index < -0.39 is 10.2 Å². The molecule has 0 aromatic carbocycles. The molecule has 2 saturated heterocycles. The van der Waals surface area contributed by atoms with Crippen molar-refractivity contribution in [1.29, 1.82) is 0 Å². The van der Waals surface area contributed by atoms with Gasteiger partial charge in [-0.3, -0.25) is 0 Å². The van der Waals surface area contributed by atoms with Crippen LogP contribution in [0.5, 0.6) is 11.8 Å². The van der Waals surface area contributed by atoms with Crippen molar-refractivity contribution in [2.75, 3.05) is 33.3 Å². The summed E-state index contributed by atoms with van der Waals surface area (Å²) in [6.07, 6.45) is 6.22. The third-order valence-electron chi connectivity index (χ3n) is 4.16. The lowest BCUT2D eigenvalue weighted by Gasteiger charge is -2.34. The van der Waals surface area contributed by atoms with Crippen molar-refractivity contribution < 1.29 is 17.9 Å². The van der Waals surface area contributed by atoms with E-state index in [0.717, 1.165) is 25.7 Å². The van der Waals surface area contributed by atoms with Gasteiger partial charge in [0.25, 0.3) is 22.0 Å². The first kappa shape index (κ1) is 16.4. The number of hydrogen-bond acceptors (Lipinski definition) is 6. The summed E-state index contributed by atoms with van der Waals surface area (Å²) in [6.45, 7) is 2.10. The number of hydrogen-bond donors (Lipinski definition) is 0. The molecule has 0 aliphatic carbocycles. The van der Waals surface area contributed by atoms with Crippen LogP contribution in [0.15, 0.2) is 12.4 Å². The molecule has 1 unspecified atom stereocenters. The fraction of sp³-hybridized carbons (Fsp3) is 0.714. The van der Waals surface area contributed by atoms with Gasteiger partial charge < -0.3 is 9.47 Å². The van der Waals surface area contributed by atoms with E-state index in [1.807, 2.05) is 0 Å². The SMILES string of the molecule is COc1nccnc1OC1CCCN(S(=O)(=O)N2CCCC2)C1. The van der Waals surface area contributed by atoms with Crippen molar-refractivity contribution in [2.45, 2.75) is 31.8 Å². The van der Waals surface area contributed by atoms with Gasteiger partial charge in [-0.05, 0) is 25.7 Å². The molecule has 128 valence electrons. The van der Waals surface area contributed by atoms with Gasteiger partial charge in [-0.25, -0.2) is 9.97 Å². The van der Waals surface area contributed by atoms with Crippen LogP contribution in [0.25, 0.3) is 0 Å². The zero-order valence-electron chi connectivity index (χ0n) is 13.2. The van der Waals surface area contributed by atoms with Crippen molar-refractivity contribution in [1.82, 2.24) is 18.6 Å². The summed E-state index contributed by atoms with van der Waals surface area (Å²) in [7, 11) is -1.88. The maximum Gasteiger partial charge on any atom is 0.282 e. The van der Waals surface area contributed by atoms with Gasteiger partial charge in [-0.15, -0.1) is 0 Å². The van der Waals surface area contributed by atoms with E-state index in [-0.39, 0.29) is 6.10 Å². The van der Waals surface area contributed by atoms with Gasteiger partial charge in [-0.2, -0.15) is 17.0 Å². The normalized spacial score (nSPS) is 23.8. The quantitative estimate of drug-likeness (QED) is 0.782. The van der Waals surface area contributed by atoms with E-state index in [2.05, 4.69) is 9.97 Å². The second kappa shape index (κ2) is 6.98. The zero-order valence-corrected chi connectivity index (χ0v) is 14.0. The van der Waals surface area contributed by atoms with E-state index in [4.69, 9.17) is 9.47 Å². The first-order chi connectivity index (χ1) is 11.1. The smallest absolute Gasteiger partial charge is 0.282 e. The van der Waals surface area contributed by atoms with E-state index >= 15 is 0 Å². The van der Waals surface area contributed by atoms with Crippen LogP contribution in [0.4, 0.5) is 0 Å². The van der Waals surface area contributed by atoms with Crippen molar-refractivity contribution in [3.63, 3.8) is 0 Å². The molecule has 23 heavy (non-hydrogen) atoms. The molecule has 1 atom stereocenters. The van der Waals surface area contributed by atoms with Crippen LogP contribution in [-0.4, -0.2) is 66.4 Å². The minimum absolute atomic E-state index is 0.244. The number of nitrogens with zero attached hydrogens (tertiary/aromatic N) is 4. The molecule has 0 N–H and O–H groups in total. The Hall–Kier alpha value is -1.45. The Morgan fingerprint density at radius 1 is 1.04 bits per heavy atom. The molecule has 0 saturated carbocycles. The van der Waals surface area contributed by atoms with Gasteiger partial charge in [-0.1, -0.05) is 0 Å². The third kappa shape index (κ3) is 3.56. The molecule has 2 aliphatic heterocycles. The molecule has 0 bridgehead atoms. The van der Waals surface area contributed by atoms with Gasteiger partial charge in [0.1, 0.15) is 6.10 Å². The molecule has 1 aromatic rings. The van der Waals surface area contributed by atoms with Gasteiger partial charge >= 0.3 is 0 Å². The lowest BCUT2D eigenvalue weighted by Crippen LogP contribution is -2.49. The Labute approximate surface area is 136 Å². The van der Waals surface area contributed by atoms with Gasteiger partial charge in [0.15, 0.2) is 0 Å². The minimum atomic E-state index is -3.38. The summed E-state index contributed by atoms with van der Waals surface area (Å²) in [5.74, 6) is 0.618. The number of piperidine rings is 1. The minimum Gasteiger partial charge on any atom is -0.477 e. The predicted octanol–water partition coefficient (Wildman–Crippen LogP) is 0.669. The fourth-order valence-electron chi connectivity index (χ4n) is 2.98. The lowest BCUT2D eigenvalue weighted by molar-refractivity contribution is 0.116. The molecule has 8 nitrogen and oxygen atoms in total. The molecule has 3 heterocycles. The van der Waals surface area contributed by atoms with Crippen molar-refractivity contribution in [3.8, 4) is 11.8 Å². The van der Waals surface area contributed by atoms with Gasteiger partial charge in [0.05, 0.1) is 13.7 Å². The molecular weight excluding hydrogens is 320 g/mol. The predicted molar refractivity (Wildman–Crippen MR) is 83.5 cm³/mol. The molecule has 1 aromatic heterocycles. The number of methoxy groups -OCH3 is 1. The Morgan fingerprint density at radius 2 is 1.70 bits per heavy atom. The maximum atomic E-state index is 12.7. The standard InChI is InChI=1S/C14H22N4O4S/c1-21-13-14(16-7-6-15-13)22-12-5-4-10-18(11-12)23(19,20)17-8-2-3-9-17/h6-7,12H,2-5,8-11H2,1H3. The van der Waals surface area contributed by atoms with Crippen molar-refractivity contribution >= 4 is 10.2 Å². The second-order valence-electron chi connectivity index (χ2n) is 5.72. The molecule has 9 heteroatoms. The van der Waals surface area contributed by atoms with Gasteiger partial charge in [0.2, 0.25) is 0 Å². The van der Waals surface area contributed by atoms with Crippen LogP contribution in [0.1, 0.15) is 25.7 Å². The van der Waals surface area contributed by atoms with E-state index in [1.165, 1.54) is 23.8 Å². The molecule has 0 spiro atoms. The molecule has 2 aliphatic rings. The Kier molecular flexibility index (Phi) is 4.98. The zero-order chi connectivity index (χ0) is 16.3. The van der Waals surface area contributed by atoms with Crippen LogP contribution in [0.2, 0.25) is 0 Å². The molecule has 0 radical (unpaired) electrons.